The second-order valence-electron chi connectivity index (χ2n) is 7.57. The molecule has 0 saturated carbocycles. The molecule has 32 heavy (non-hydrogen) atoms. The number of nitrogens with zero attached hydrogens (tertiary/aromatic N) is 2. The largest absolute Gasteiger partial charge is 0.497 e. The minimum Gasteiger partial charge on any atom is -0.497 e. The molecule has 0 aliphatic carbocycles. The molecule has 0 spiro atoms. The van der Waals surface area contributed by atoms with Gasteiger partial charge < -0.3 is 19.7 Å². The summed E-state index contributed by atoms with van der Waals surface area (Å²) in [7, 11) is 1.60. The quantitative estimate of drug-likeness (QED) is 0.568. The molecule has 1 atom stereocenters. The summed E-state index contributed by atoms with van der Waals surface area (Å²) in [5.41, 5.74) is 2.59. The SMILES string of the molecule is COc1cccc(NC(=O)C(NCc2ccc(N3CCOCC3)nc2)c2ccccc2)c1. The fourth-order valence-corrected chi connectivity index (χ4v) is 3.64. The predicted molar refractivity (Wildman–Crippen MR) is 125 cm³/mol. The van der Waals surface area contributed by atoms with Crippen LogP contribution >= 0.6 is 0 Å². The van der Waals surface area contributed by atoms with Crippen LogP contribution in [0.2, 0.25) is 0 Å². The first-order chi connectivity index (χ1) is 15.7. The van der Waals surface area contributed by atoms with E-state index < -0.39 is 6.04 Å². The van der Waals surface area contributed by atoms with Gasteiger partial charge in [0.2, 0.25) is 5.91 Å². The van der Waals surface area contributed by atoms with Crippen molar-refractivity contribution in [3.8, 4) is 5.75 Å². The van der Waals surface area contributed by atoms with E-state index in [1.54, 1.807) is 13.2 Å². The first-order valence-electron chi connectivity index (χ1n) is 10.7. The number of anilines is 2. The Morgan fingerprint density at radius 1 is 1.09 bits per heavy atom. The number of carbonyl (C=O) groups is 1. The molecule has 166 valence electrons. The van der Waals surface area contributed by atoms with Crippen LogP contribution in [0, 0.1) is 0 Å². The first-order valence-corrected chi connectivity index (χ1v) is 10.7. The topological polar surface area (TPSA) is 75.7 Å². The van der Waals surface area contributed by atoms with Gasteiger partial charge in [-0.15, -0.1) is 0 Å². The van der Waals surface area contributed by atoms with E-state index in [2.05, 4.69) is 20.5 Å². The van der Waals surface area contributed by atoms with Gasteiger partial charge in [-0.2, -0.15) is 0 Å². The highest BCUT2D eigenvalue weighted by Crippen LogP contribution is 2.21. The summed E-state index contributed by atoms with van der Waals surface area (Å²) < 4.78 is 10.7. The molecule has 1 saturated heterocycles. The van der Waals surface area contributed by atoms with Crippen molar-refractivity contribution in [1.29, 1.82) is 0 Å². The van der Waals surface area contributed by atoms with Gasteiger partial charge in [-0.05, 0) is 29.3 Å². The molecule has 1 aromatic heterocycles. The lowest BCUT2D eigenvalue weighted by molar-refractivity contribution is -0.118. The van der Waals surface area contributed by atoms with Crippen LogP contribution in [-0.2, 0) is 16.1 Å². The lowest BCUT2D eigenvalue weighted by Gasteiger charge is -2.27. The van der Waals surface area contributed by atoms with Crippen molar-refractivity contribution in [2.24, 2.45) is 0 Å². The third-order valence-electron chi connectivity index (χ3n) is 5.39. The number of methoxy groups -OCH3 is 1. The monoisotopic (exact) mass is 432 g/mol. The van der Waals surface area contributed by atoms with E-state index in [0.717, 1.165) is 43.2 Å². The van der Waals surface area contributed by atoms with Gasteiger partial charge in [-0.3, -0.25) is 10.1 Å². The average molecular weight is 433 g/mol. The molecule has 3 aromatic rings. The summed E-state index contributed by atoms with van der Waals surface area (Å²) in [4.78, 5) is 20.0. The smallest absolute Gasteiger partial charge is 0.246 e. The highest BCUT2D eigenvalue weighted by Gasteiger charge is 2.20. The molecule has 7 nitrogen and oxygen atoms in total. The molecule has 2 N–H and O–H groups in total. The van der Waals surface area contributed by atoms with Crippen molar-refractivity contribution in [3.05, 3.63) is 84.1 Å². The number of hydrogen-bond acceptors (Lipinski definition) is 6. The molecule has 2 heterocycles. The number of aromatic nitrogens is 1. The molecular weight excluding hydrogens is 404 g/mol. The van der Waals surface area contributed by atoms with Gasteiger partial charge in [0.25, 0.3) is 0 Å². The van der Waals surface area contributed by atoms with Crippen molar-refractivity contribution < 1.29 is 14.3 Å². The Hall–Kier alpha value is -3.42. The fourth-order valence-electron chi connectivity index (χ4n) is 3.64. The van der Waals surface area contributed by atoms with E-state index in [1.807, 2.05) is 66.9 Å². The van der Waals surface area contributed by atoms with Gasteiger partial charge in [-0.1, -0.05) is 42.5 Å². The van der Waals surface area contributed by atoms with Crippen molar-refractivity contribution in [1.82, 2.24) is 10.3 Å². The van der Waals surface area contributed by atoms with E-state index >= 15 is 0 Å². The number of benzene rings is 2. The molecule has 1 aliphatic rings. The Labute approximate surface area is 188 Å². The van der Waals surface area contributed by atoms with Crippen molar-refractivity contribution in [2.75, 3.05) is 43.6 Å². The molecule has 1 aliphatic heterocycles. The maximum absolute atomic E-state index is 13.1. The zero-order valence-electron chi connectivity index (χ0n) is 18.2. The standard InChI is InChI=1S/C25H28N4O3/c1-31-22-9-5-8-21(16-22)28-25(30)24(20-6-3-2-4-7-20)27-18-19-10-11-23(26-17-19)29-12-14-32-15-13-29/h2-11,16-17,24,27H,12-15,18H2,1H3,(H,28,30). The number of nitrogens with one attached hydrogen (secondary N) is 2. The molecule has 7 heteroatoms. The predicted octanol–water partition coefficient (Wildman–Crippen LogP) is 3.40. The summed E-state index contributed by atoms with van der Waals surface area (Å²) in [6.45, 7) is 3.68. The van der Waals surface area contributed by atoms with Crippen LogP contribution in [0.3, 0.4) is 0 Å². The maximum Gasteiger partial charge on any atom is 0.246 e. The van der Waals surface area contributed by atoms with E-state index in [0.29, 0.717) is 18.0 Å². The highest BCUT2D eigenvalue weighted by atomic mass is 16.5. The molecule has 1 amide bonds. The number of carbonyl (C=O) groups excluding carboxylic acids is 1. The second kappa shape index (κ2) is 10.7. The van der Waals surface area contributed by atoms with Crippen LogP contribution < -0.4 is 20.3 Å². The minimum absolute atomic E-state index is 0.137. The Balaban J connectivity index is 1.44. The number of amides is 1. The fraction of sp³-hybridized carbons (Fsp3) is 0.280. The second-order valence-corrected chi connectivity index (χ2v) is 7.57. The third kappa shape index (κ3) is 5.63. The maximum atomic E-state index is 13.1. The molecule has 1 fully saturated rings. The van der Waals surface area contributed by atoms with Crippen LogP contribution in [0.4, 0.5) is 11.5 Å². The molecule has 0 radical (unpaired) electrons. The van der Waals surface area contributed by atoms with Gasteiger partial charge in [0.05, 0.1) is 20.3 Å². The molecule has 4 rings (SSSR count). The van der Waals surface area contributed by atoms with Crippen LogP contribution in [0.25, 0.3) is 0 Å². The van der Waals surface area contributed by atoms with Crippen LogP contribution in [-0.4, -0.2) is 44.3 Å². The van der Waals surface area contributed by atoms with Gasteiger partial charge in [0, 0.05) is 37.6 Å². The normalized spacial score (nSPS) is 14.6. The summed E-state index contributed by atoms with van der Waals surface area (Å²) in [6.07, 6.45) is 1.86. The lowest BCUT2D eigenvalue weighted by atomic mass is 10.1. The minimum atomic E-state index is -0.513. The first kappa shape index (κ1) is 21.8. The number of hydrogen-bond donors (Lipinski definition) is 2. The zero-order valence-corrected chi connectivity index (χ0v) is 18.2. The van der Waals surface area contributed by atoms with Gasteiger partial charge in [-0.25, -0.2) is 4.98 Å². The summed E-state index contributed by atoms with van der Waals surface area (Å²) in [6, 6.07) is 20.6. The summed E-state index contributed by atoms with van der Waals surface area (Å²) in [5, 5.41) is 6.37. The van der Waals surface area contributed by atoms with Crippen molar-refractivity contribution in [2.45, 2.75) is 12.6 Å². The third-order valence-corrected chi connectivity index (χ3v) is 5.39. The summed E-state index contributed by atoms with van der Waals surface area (Å²) >= 11 is 0. The molecular formula is C25H28N4O3. The number of ether oxygens (including phenoxy) is 2. The molecule has 1 unspecified atom stereocenters. The van der Waals surface area contributed by atoms with Gasteiger partial charge in [0.15, 0.2) is 0 Å². The molecule has 0 bridgehead atoms. The van der Waals surface area contributed by atoms with Crippen LogP contribution in [0.5, 0.6) is 5.75 Å². The number of rotatable bonds is 8. The highest BCUT2D eigenvalue weighted by molar-refractivity contribution is 5.95. The lowest BCUT2D eigenvalue weighted by Crippen LogP contribution is -2.36. The van der Waals surface area contributed by atoms with Crippen molar-refractivity contribution in [3.63, 3.8) is 0 Å². The average Bonchev–Trinajstić information content (AvgIpc) is 2.86. The Morgan fingerprint density at radius 2 is 1.91 bits per heavy atom. The molecule has 2 aromatic carbocycles. The Bertz CT molecular complexity index is 1010. The van der Waals surface area contributed by atoms with E-state index in [-0.39, 0.29) is 5.91 Å². The van der Waals surface area contributed by atoms with Crippen molar-refractivity contribution >= 4 is 17.4 Å². The van der Waals surface area contributed by atoms with E-state index in [4.69, 9.17) is 9.47 Å². The number of pyridine rings is 1. The Morgan fingerprint density at radius 3 is 2.62 bits per heavy atom. The van der Waals surface area contributed by atoms with E-state index in [1.165, 1.54) is 0 Å². The summed E-state index contributed by atoms with van der Waals surface area (Å²) in [5.74, 6) is 1.51. The number of morpholine rings is 1. The van der Waals surface area contributed by atoms with Crippen LogP contribution in [0.1, 0.15) is 17.2 Å². The van der Waals surface area contributed by atoms with Gasteiger partial charge >= 0.3 is 0 Å². The van der Waals surface area contributed by atoms with E-state index in [9.17, 15) is 4.79 Å². The zero-order chi connectivity index (χ0) is 22.2. The van der Waals surface area contributed by atoms with Crippen LogP contribution in [0.15, 0.2) is 72.9 Å². The van der Waals surface area contributed by atoms with Gasteiger partial charge in [0.1, 0.15) is 17.6 Å². The Kier molecular flexibility index (Phi) is 7.32.